The summed E-state index contributed by atoms with van der Waals surface area (Å²) in [5.74, 6) is 0.865. The molecule has 1 N–H and O–H groups in total. The highest BCUT2D eigenvalue weighted by molar-refractivity contribution is 7.09. The summed E-state index contributed by atoms with van der Waals surface area (Å²) in [6.45, 7) is 6.95. The van der Waals surface area contributed by atoms with Gasteiger partial charge >= 0.3 is 0 Å². The van der Waals surface area contributed by atoms with E-state index in [2.05, 4.69) is 31.1 Å². The summed E-state index contributed by atoms with van der Waals surface area (Å²) in [7, 11) is 0. The van der Waals surface area contributed by atoms with Crippen LogP contribution in [0.5, 0.6) is 5.75 Å². The molecule has 0 radical (unpaired) electrons. The average molecular weight is 262 g/mol. The van der Waals surface area contributed by atoms with Gasteiger partial charge in [-0.2, -0.15) is 0 Å². The second kappa shape index (κ2) is 5.40. The van der Waals surface area contributed by atoms with Crippen LogP contribution in [0.3, 0.4) is 0 Å². The van der Waals surface area contributed by atoms with Gasteiger partial charge in [0.2, 0.25) is 0 Å². The van der Waals surface area contributed by atoms with E-state index < -0.39 is 0 Å². The van der Waals surface area contributed by atoms with E-state index in [1.54, 1.807) is 17.5 Å². The lowest BCUT2D eigenvalue weighted by atomic mass is 10.1. The molecule has 0 fully saturated rings. The number of hydrogen-bond acceptors (Lipinski definition) is 4. The minimum Gasteiger partial charge on any atom is -0.486 e. The molecule has 0 saturated carbocycles. The fourth-order valence-corrected chi connectivity index (χ4v) is 2.06. The molecule has 4 heteroatoms. The topological polar surface area (TPSA) is 34.1 Å². The van der Waals surface area contributed by atoms with Crippen molar-refractivity contribution >= 4 is 17.0 Å². The maximum Gasteiger partial charge on any atom is 0.140 e. The van der Waals surface area contributed by atoms with Crippen LogP contribution in [0.2, 0.25) is 0 Å². The van der Waals surface area contributed by atoms with Crippen molar-refractivity contribution in [3.05, 3.63) is 40.8 Å². The van der Waals surface area contributed by atoms with Gasteiger partial charge in [0.15, 0.2) is 0 Å². The van der Waals surface area contributed by atoms with Crippen molar-refractivity contribution in [1.29, 1.82) is 0 Å². The lowest BCUT2D eigenvalue weighted by molar-refractivity contribution is 0.305. The number of benzene rings is 1. The van der Waals surface area contributed by atoms with Crippen molar-refractivity contribution in [2.45, 2.75) is 32.9 Å². The van der Waals surface area contributed by atoms with Crippen molar-refractivity contribution in [3.8, 4) is 5.75 Å². The quantitative estimate of drug-likeness (QED) is 0.906. The van der Waals surface area contributed by atoms with Gasteiger partial charge in [0.25, 0.3) is 0 Å². The minimum absolute atomic E-state index is 0.0727. The maximum atomic E-state index is 5.66. The van der Waals surface area contributed by atoms with E-state index in [1.165, 1.54) is 0 Å². The molecule has 1 aromatic heterocycles. The summed E-state index contributed by atoms with van der Waals surface area (Å²) in [5, 5.41) is 6.36. The Morgan fingerprint density at radius 1 is 1.22 bits per heavy atom. The SMILES string of the molecule is CC(C)(C)Nc1ccc(OCc2nccs2)cc1. The predicted molar refractivity (Wildman–Crippen MR) is 76.3 cm³/mol. The van der Waals surface area contributed by atoms with Crippen LogP contribution < -0.4 is 10.1 Å². The average Bonchev–Trinajstić information content (AvgIpc) is 2.79. The molecule has 0 aliphatic rings. The standard InChI is InChI=1S/C14H18N2OS/c1-14(2,3)16-11-4-6-12(7-5-11)17-10-13-15-8-9-18-13/h4-9,16H,10H2,1-3H3. The van der Waals surface area contributed by atoms with Crippen LogP contribution in [0.25, 0.3) is 0 Å². The zero-order chi connectivity index (χ0) is 13.0. The van der Waals surface area contributed by atoms with Crippen molar-refractivity contribution in [2.75, 3.05) is 5.32 Å². The van der Waals surface area contributed by atoms with E-state index in [0.29, 0.717) is 6.61 Å². The lowest BCUT2D eigenvalue weighted by Gasteiger charge is -2.22. The normalized spacial score (nSPS) is 11.3. The minimum atomic E-state index is 0.0727. The first-order valence-electron chi connectivity index (χ1n) is 5.92. The van der Waals surface area contributed by atoms with E-state index in [0.717, 1.165) is 16.4 Å². The molecule has 0 bridgehead atoms. The third-order valence-electron chi connectivity index (χ3n) is 2.22. The predicted octanol–water partition coefficient (Wildman–Crippen LogP) is 3.93. The highest BCUT2D eigenvalue weighted by Crippen LogP contribution is 2.20. The second-order valence-electron chi connectivity index (χ2n) is 5.11. The molecule has 2 aromatic rings. The highest BCUT2D eigenvalue weighted by Gasteiger charge is 2.08. The molecule has 0 spiro atoms. The largest absolute Gasteiger partial charge is 0.486 e. The van der Waals surface area contributed by atoms with Crippen molar-refractivity contribution in [1.82, 2.24) is 4.98 Å². The number of hydrogen-bond donors (Lipinski definition) is 1. The van der Waals surface area contributed by atoms with E-state index >= 15 is 0 Å². The third-order valence-corrected chi connectivity index (χ3v) is 2.97. The van der Waals surface area contributed by atoms with Gasteiger partial charge in [-0.25, -0.2) is 4.98 Å². The van der Waals surface area contributed by atoms with Crippen molar-refractivity contribution in [3.63, 3.8) is 0 Å². The first-order valence-corrected chi connectivity index (χ1v) is 6.80. The fourth-order valence-electron chi connectivity index (χ4n) is 1.54. The molecule has 0 aliphatic carbocycles. The van der Waals surface area contributed by atoms with Gasteiger partial charge < -0.3 is 10.1 Å². The molecular weight excluding hydrogens is 244 g/mol. The fraction of sp³-hybridized carbons (Fsp3) is 0.357. The molecule has 0 atom stereocenters. The first kappa shape index (κ1) is 12.9. The first-order chi connectivity index (χ1) is 8.53. The van der Waals surface area contributed by atoms with Crippen LogP contribution in [0.15, 0.2) is 35.8 Å². The van der Waals surface area contributed by atoms with E-state index in [-0.39, 0.29) is 5.54 Å². The Kier molecular flexibility index (Phi) is 3.87. The Morgan fingerprint density at radius 2 is 1.94 bits per heavy atom. The highest BCUT2D eigenvalue weighted by atomic mass is 32.1. The van der Waals surface area contributed by atoms with Gasteiger partial charge in [-0.3, -0.25) is 0 Å². The zero-order valence-electron chi connectivity index (χ0n) is 10.9. The second-order valence-corrected chi connectivity index (χ2v) is 6.09. The van der Waals surface area contributed by atoms with Gasteiger partial charge in [-0.1, -0.05) is 0 Å². The maximum absolute atomic E-state index is 5.66. The number of nitrogens with zero attached hydrogens (tertiary/aromatic N) is 1. The smallest absolute Gasteiger partial charge is 0.140 e. The third kappa shape index (κ3) is 4.04. The van der Waals surface area contributed by atoms with Crippen molar-refractivity contribution in [2.24, 2.45) is 0 Å². The van der Waals surface area contributed by atoms with E-state index in [9.17, 15) is 0 Å². The molecular formula is C14H18N2OS. The van der Waals surface area contributed by atoms with Gasteiger partial charge in [0, 0.05) is 22.8 Å². The summed E-state index contributed by atoms with van der Waals surface area (Å²) in [4.78, 5) is 4.18. The molecule has 0 amide bonds. The van der Waals surface area contributed by atoms with Gasteiger partial charge in [-0.15, -0.1) is 11.3 Å². The van der Waals surface area contributed by atoms with Gasteiger partial charge in [-0.05, 0) is 45.0 Å². The van der Waals surface area contributed by atoms with Crippen LogP contribution in [0.4, 0.5) is 5.69 Å². The molecule has 0 unspecified atom stereocenters. The number of rotatable bonds is 4. The number of nitrogens with one attached hydrogen (secondary N) is 1. The van der Waals surface area contributed by atoms with E-state index in [4.69, 9.17) is 4.74 Å². The summed E-state index contributed by atoms with van der Waals surface area (Å²) in [5.41, 5.74) is 1.17. The Labute approximate surface area is 112 Å². The number of ether oxygens (including phenoxy) is 1. The Bertz CT molecular complexity index is 471. The van der Waals surface area contributed by atoms with Crippen LogP contribution in [0.1, 0.15) is 25.8 Å². The van der Waals surface area contributed by atoms with E-state index in [1.807, 2.05) is 29.6 Å². The molecule has 96 valence electrons. The van der Waals surface area contributed by atoms with Crippen LogP contribution in [-0.2, 0) is 6.61 Å². The monoisotopic (exact) mass is 262 g/mol. The molecule has 2 rings (SSSR count). The van der Waals surface area contributed by atoms with Crippen LogP contribution >= 0.6 is 11.3 Å². The Hall–Kier alpha value is -1.55. The Balaban J connectivity index is 1.91. The summed E-state index contributed by atoms with van der Waals surface area (Å²) in [6.07, 6.45) is 1.79. The molecule has 1 heterocycles. The molecule has 3 nitrogen and oxygen atoms in total. The van der Waals surface area contributed by atoms with Gasteiger partial charge in [0.05, 0.1) is 0 Å². The molecule has 18 heavy (non-hydrogen) atoms. The van der Waals surface area contributed by atoms with Crippen LogP contribution in [-0.4, -0.2) is 10.5 Å². The van der Waals surface area contributed by atoms with Gasteiger partial charge in [0.1, 0.15) is 17.4 Å². The Morgan fingerprint density at radius 3 is 2.50 bits per heavy atom. The zero-order valence-corrected chi connectivity index (χ0v) is 11.8. The molecule has 0 aliphatic heterocycles. The van der Waals surface area contributed by atoms with Crippen molar-refractivity contribution < 1.29 is 4.74 Å². The summed E-state index contributed by atoms with van der Waals surface area (Å²) in [6, 6.07) is 8.01. The summed E-state index contributed by atoms with van der Waals surface area (Å²) < 4.78 is 5.66. The van der Waals surface area contributed by atoms with Crippen LogP contribution in [0, 0.1) is 0 Å². The molecule has 1 aromatic carbocycles. The lowest BCUT2D eigenvalue weighted by Crippen LogP contribution is -2.25. The summed E-state index contributed by atoms with van der Waals surface area (Å²) >= 11 is 1.60. The molecule has 0 saturated heterocycles. The number of aromatic nitrogens is 1. The number of anilines is 1. The number of thiazole rings is 1.